The van der Waals surface area contributed by atoms with Crippen LogP contribution in [0.15, 0.2) is 54.7 Å². The molecule has 1 saturated carbocycles. The van der Waals surface area contributed by atoms with E-state index in [0.717, 1.165) is 30.2 Å². The fraction of sp³-hybridized carbons (Fsp3) is 0.182. The van der Waals surface area contributed by atoms with Gasteiger partial charge in [-0.15, -0.1) is 0 Å². The van der Waals surface area contributed by atoms with Crippen molar-refractivity contribution in [3.05, 3.63) is 89.0 Å². The number of benzene rings is 2. The Kier molecular flexibility index (Phi) is 4.41. The van der Waals surface area contributed by atoms with Crippen LogP contribution in [0.5, 0.6) is 0 Å². The number of hydrogen-bond donors (Lipinski definition) is 1. The van der Waals surface area contributed by atoms with Crippen LogP contribution in [0.3, 0.4) is 0 Å². The minimum atomic E-state index is -0.846. The van der Waals surface area contributed by atoms with Gasteiger partial charge in [0.15, 0.2) is 0 Å². The van der Waals surface area contributed by atoms with E-state index in [1.807, 2.05) is 6.07 Å². The molecule has 0 bridgehead atoms. The number of hydrogen-bond acceptors (Lipinski definition) is 2. The molecule has 0 atom stereocenters. The number of halogens is 3. The molecule has 0 spiro atoms. The van der Waals surface area contributed by atoms with Crippen LogP contribution in [-0.2, 0) is 11.8 Å². The van der Waals surface area contributed by atoms with Gasteiger partial charge in [0, 0.05) is 23.2 Å². The quantitative estimate of drug-likeness (QED) is 0.704. The molecule has 1 amide bonds. The summed E-state index contributed by atoms with van der Waals surface area (Å²) >= 11 is 0. The van der Waals surface area contributed by atoms with Crippen LogP contribution in [0.25, 0.3) is 11.1 Å². The lowest BCUT2D eigenvalue weighted by atomic mass is 9.87. The van der Waals surface area contributed by atoms with Crippen molar-refractivity contribution in [1.29, 1.82) is 0 Å². The Labute approximate surface area is 160 Å². The van der Waals surface area contributed by atoms with Crippen molar-refractivity contribution in [3.63, 3.8) is 0 Å². The number of amides is 1. The Morgan fingerprint density at radius 3 is 2.39 bits per heavy atom. The van der Waals surface area contributed by atoms with Gasteiger partial charge in [-0.2, -0.15) is 0 Å². The summed E-state index contributed by atoms with van der Waals surface area (Å²) in [6, 6.07) is 11.3. The molecule has 1 aliphatic rings. The summed E-state index contributed by atoms with van der Waals surface area (Å²) in [6.45, 7) is 0. The van der Waals surface area contributed by atoms with E-state index >= 15 is 0 Å². The molecule has 1 aliphatic carbocycles. The van der Waals surface area contributed by atoms with Gasteiger partial charge < -0.3 is 5.73 Å². The molecular formula is C22H17F3N2O. The minimum Gasteiger partial charge on any atom is -0.366 e. The molecule has 6 heteroatoms. The van der Waals surface area contributed by atoms with Gasteiger partial charge in [0.05, 0.1) is 11.3 Å². The fourth-order valence-electron chi connectivity index (χ4n) is 3.69. The summed E-state index contributed by atoms with van der Waals surface area (Å²) in [5.74, 6) is -2.76. The zero-order chi connectivity index (χ0) is 19.9. The molecule has 0 unspecified atom stereocenters. The molecule has 1 heterocycles. The van der Waals surface area contributed by atoms with E-state index in [9.17, 15) is 18.0 Å². The second-order valence-corrected chi connectivity index (χ2v) is 7.19. The Balaban J connectivity index is 1.76. The van der Waals surface area contributed by atoms with E-state index in [-0.39, 0.29) is 11.0 Å². The molecule has 1 fully saturated rings. The standard InChI is InChI=1S/C22H17F3N2O/c23-15-8-13(9-16(24)11-15)12-22(5-6-22)20-17(2-1-7-27-20)14-3-4-19(25)18(10-14)21(26)28/h1-4,7-11H,5-6,12H2,(H2,26,28). The predicted octanol–water partition coefficient (Wildman–Crippen LogP) is 4.54. The van der Waals surface area contributed by atoms with E-state index in [1.165, 1.54) is 24.3 Å². The molecular weight excluding hydrogens is 365 g/mol. The lowest BCUT2D eigenvalue weighted by Crippen LogP contribution is -2.15. The molecule has 2 N–H and O–H groups in total. The van der Waals surface area contributed by atoms with Crippen LogP contribution in [0.2, 0.25) is 0 Å². The molecule has 0 saturated heterocycles. The second kappa shape index (κ2) is 6.78. The lowest BCUT2D eigenvalue weighted by molar-refractivity contribution is 0.0996. The predicted molar refractivity (Wildman–Crippen MR) is 99.1 cm³/mol. The highest BCUT2D eigenvalue weighted by molar-refractivity contribution is 5.94. The maximum Gasteiger partial charge on any atom is 0.251 e. The van der Waals surface area contributed by atoms with Crippen LogP contribution in [-0.4, -0.2) is 10.9 Å². The first-order valence-corrected chi connectivity index (χ1v) is 8.88. The Morgan fingerprint density at radius 1 is 1.04 bits per heavy atom. The summed E-state index contributed by atoms with van der Waals surface area (Å²) in [7, 11) is 0. The topological polar surface area (TPSA) is 56.0 Å². The van der Waals surface area contributed by atoms with E-state index in [1.54, 1.807) is 18.3 Å². The highest BCUT2D eigenvalue weighted by Crippen LogP contribution is 2.52. The first-order chi connectivity index (χ1) is 13.4. The van der Waals surface area contributed by atoms with Gasteiger partial charge in [-0.05, 0) is 60.7 Å². The van der Waals surface area contributed by atoms with Gasteiger partial charge in [-0.25, -0.2) is 13.2 Å². The number of nitrogens with zero attached hydrogens (tertiary/aromatic N) is 1. The summed E-state index contributed by atoms with van der Waals surface area (Å²) in [4.78, 5) is 16.0. The van der Waals surface area contributed by atoms with Crippen molar-refractivity contribution in [1.82, 2.24) is 4.98 Å². The first kappa shape index (κ1) is 18.2. The Morgan fingerprint density at radius 2 is 1.75 bits per heavy atom. The zero-order valence-electron chi connectivity index (χ0n) is 14.9. The van der Waals surface area contributed by atoms with Gasteiger partial charge in [0.25, 0.3) is 5.91 Å². The van der Waals surface area contributed by atoms with Crippen molar-refractivity contribution in [3.8, 4) is 11.1 Å². The Bertz CT molecular complexity index is 1060. The molecule has 1 aromatic heterocycles. The average molecular weight is 382 g/mol. The number of carbonyl (C=O) groups is 1. The van der Waals surface area contributed by atoms with Gasteiger partial charge >= 0.3 is 0 Å². The molecule has 3 aromatic rings. The smallest absolute Gasteiger partial charge is 0.251 e. The molecule has 0 radical (unpaired) electrons. The van der Waals surface area contributed by atoms with Crippen LogP contribution in [0.4, 0.5) is 13.2 Å². The number of pyridine rings is 1. The maximum atomic E-state index is 13.9. The van der Waals surface area contributed by atoms with Crippen molar-refractivity contribution < 1.29 is 18.0 Å². The Hall–Kier alpha value is -3.15. The summed E-state index contributed by atoms with van der Waals surface area (Å²) in [5, 5.41) is 0. The summed E-state index contributed by atoms with van der Waals surface area (Å²) in [5.41, 5.74) is 7.42. The summed E-state index contributed by atoms with van der Waals surface area (Å²) in [6.07, 6.45) is 3.73. The third kappa shape index (κ3) is 3.38. The molecule has 0 aliphatic heterocycles. The lowest BCUT2D eigenvalue weighted by Gasteiger charge is -2.19. The van der Waals surface area contributed by atoms with E-state index < -0.39 is 23.4 Å². The van der Waals surface area contributed by atoms with Crippen LogP contribution >= 0.6 is 0 Å². The third-order valence-corrected chi connectivity index (χ3v) is 5.17. The van der Waals surface area contributed by atoms with Gasteiger partial charge in [0.1, 0.15) is 17.5 Å². The van der Waals surface area contributed by atoms with E-state index in [2.05, 4.69) is 4.98 Å². The van der Waals surface area contributed by atoms with Crippen molar-refractivity contribution in [2.24, 2.45) is 5.73 Å². The minimum absolute atomic E-state index is 0.190. The largest absolute Gasteiger partial charge is 0.366 e. The van der Waals surface area contributed by atoms with Crippen LogP contribution < -0.4 is 5.73 Å². The zero-order valence-corrected chi connectivity index (χ0v) is 14.9. The second-order valence-electron chi connectivity index (χ2n) is 7.19. The molecule has 2 aromatic carbocycles. The van der Waals surface area contributed by atoms with E-state index in [0.29, 0.717) is 17.5 Å². The van der Waals surface area contributed by atoms with Gasteiger partial charge in [0.2, 0.25) is 0 Å². The van der Waals surface area contributed by atoms with Crippen LogP contribution in [0.1, 0.15) is 34.5 Å². The number of rotatable bonds is 5. The van der Waals surface area contributed by atoms with E-state index in [4.69, 9.17) is 5.73 Å². The molecule has 142 valence electrons. The highest BCUT2D eigenvalue weighted by atomic mass is 19.1. The molecule has 4 rings (SSSR count). The monoisotopic (exact) mass is 382 g/mol. The highest BCUT2D eigenvalue weighted by Gasteiger charge is 2.47. The van der Waals surface area contributed by atoms with Gasteiger partial charge in [-0.1, -0.05) is 12.1 Å². The average Bonchev–Trinajstić information content (AvgIpc) is 3.41. The normalized spacial score (nSPS) is 14.7. The maximum absolute atomic E-state index is 13.9. The van der Waals surface area contributed by atoms with Crippen molar-refractivity contribution in [2.75, 3.05) is 0 Å². The van der Waals surface area contributed by atoms with Crippen LogP contribution in [0, 0.1) is 17.5 Å². The van der Waals surface area contributed by atoms with Crippen molar-refractivity contribution >= 4 is 5.91 Å². The molecule has 28 heavy (non-hydrogen) atoms. The number of nitrogens with two attached hydrogens (primary N) is 1. The van der Waals surface area contributed by atoms with Crippen molar-refractivity contribution in [2.45, 2.75) is 24.7 Å². The SMILES string of the molecule is NC(=O)c1cc(-c2cccnc2C2(Cc3cc(F)cc(F)c3)CC2)ccc1F. The molecule has 3 nitrogen and oxygen atoms in total. The summed E-state index contributed by atoms with van der Waals surface area (Å²) < 4.78 is 41.0. The first-order valence-electron chi connectivity index (χ1n) is 8.88. The fourth-order valence-corrected chi connectivity index (χ4v) is 3.69. The van der Waals surface area contributed by atoms with Gasteiger partial charge in [-0.3, -0.25) is 9.78 Å². The number of aromatic nitrogens is 1. The number of carbonyl (C=O) groups excluding carboxylic acids is 1. The number of primary amides is 1. The third-order valence-electron chi connectivity index (χ3n) is 5.17.